The van der Waals surface area contributed by atoms with Crippen LogP contribution < -0.4 is 10.1 Å². The molecular formula is C17H25BrN2O. The van der Waals surface area contributed by atoms with Crippen molar-refractivity contribution in [3.05, 3.63) is 33.8 Å². The molecule has 1 aliphatic heterocycles. The Kier molecular flexibility index (Phi) is 5.47. The molecule has 1 heterocycles. The third kappa shape index (κ3) is 5.13. The van der Waals surface area contributed by atoms with E-state index < -0.39 is 0 Å². The second-order valence-electron chi connectivity index (χ2n) is 6.78. The minimum atomic E-state index is 0.264. The molecule has 21 heavy (non-hydrogen) atoms. The van der Waals surface area contributed by atoms with E-state index in [1.54, 1.807) is 0 Å². The fourth-order valence-electron chi connectivity index (χ4n) is 2.77. The van der Waals surface area contributed by atoms with Gasteiger partial charge in [0, 0.05) is 29.7 Å². The molecule has 1 aromatic rings. The third-order valence-corrected chi connectivity index (χ3v) is 3.94. The van der Waals surface area contributed by atoms with Crippen molar-refractivity contribution >= 4 is 22.0 Å². The summed E-state index contributed by atoms with van der Waals surface area (Å²) in [5, 5.41) is 3.56. The maximum atomic E-state index is 5.80. The van der Waals surface area contributed by atoms with Gasteiger partial charge < -0.3 is 15.0 Å². The molecule has 3 nitrogen and oxygen atoms in total. The van der Waals surface area contributed by atoms with Crippen molar-refractivity contribution in [2.75, 3.05) is 40.3 Å². The predicted molar refractivity (Wildman–Crippen MR) is 92.8 cm³/mol. The molecule has 116 valence electrons. The maximum absolute atomic E-state index is 5.80. The molecule has 0 saturated carbocycles. The van der Waals surface area contributed by atoms with E-state index >= 15 is 0 Å². The first-order valence-corrected chi connectivity index (χ1v) is 8.12. The number of fused-ring (bicyclic) bond motifs is 1. The van der Waals surface area contributed by atoms with Gasteiger partial charge in [0.2, 0.25) is 0 Å². The first-order chi connectivity index (χ1) is 9.85. The number of hydrogen-bond acceptors (Lipinski definition) is 3. The van der Waals surface area contributed by atoms with Crippen LogP contribution in [-0.2, 0) is 0 Å². The highest BCUT2D eigenvalue weighted by atomic mass is 79.9. The highest BCUT2D eigenvalue weighted by Crippen LogP contribution is 2.29. The highest BCUT2D eigenvalue weighted by Gasteiger charge is 2.19. The number of benzene rings is 1. The topological polar surface area (TPSA) is 24.5 Å². The summed E-state index contributed by atoms with van der Waals surface area (Å²) in [6, 6.07) is 6.13. The Morgan fingerprint density at radius 1 is 1.33 bits per heavy atom. The summed E-state index contributed by atoms with van der Waals surface area (Å²) in [5.41, 5.74) is 2.71. The summed E-state index contributed by atoms with van der Waals surface area (Å²) in [5.74, 6) is 0.967. The average molecular weight is 353 g/mol. The molecule has 0 amide bonds. The standard InChI is InChI=1S/C17H25BrN2O/c1-17(2,12-20(3)4)11-19-9-13-7-14-8-15(18)5-6-16(14)21-10-13/h5-8,19H,9-12H2,1-4H3. The van der Waals surface area contributed by atoms with Crippen molar-refractivity contribution < 1.29 is 4.74 Å². The second-order valence-corrected chi connectivity index (χ2v) is 7.69. The first-order valence-electron chi connectivity index (χ1n) is 7.33. The van der Waals surface area contributed by atoms with E-state index in [4.69, 9.17) is 4.74 Å². The van der Waals surface area contributed by atoms with Crippen LogP contribution in [0, 0.1) is 5.41 Å². The lowest BCUT2D eigenvalue weighted by Gasteiger charge is -2.29. The van der Waals surface area contributed by atoms with Crippen molar-refractivity contribution in [1.82, 2.24) is 10.2 Å². The zero-order valence-electron chi connectivity index (χ0n) is 13.4. The largest absolute Gasteiger partial charge is 0.489 e. The van der Waals surface area contributed by atoms with Crippen LogP contribution in [0.2, 0.25) is 0 Å². The van der Waals surface area contributed by atoms with E-state index in [-0.39, 0.29) is 5.41 Å². The number of nitrogens with one attached hydrogen (secondary N) is 1. The molecule has 1 N–H and O–H groups in total. The molecule has 0 bridgehead atoms. The Morgan fingerprint density at radius 2 is 2.10 bits per heavy atom. The summed E-state index contributed by atoms with van der Waals surface area (Å²) in [6.45, 7) is 8.20. The summed E-state index contributed by atoms with van der Waals surface area (Å²) in [7, 11) is 4.24. The van der Waals surface area contributed by atoms with Crippen LogP contribution in [-0.4, -0.2) is 45.2 Å². The van der Waals surface area contributed by atoms with Crippen molar-refractivity contribution in [3.8, 4) is 5.75 Å². The Hall–Kier alpha value is -0.840. The van der Waals surface area contributed by atoms with Gasteiger partial charge in [-0.1, -0.05) is 29.8 Å². The van der Waals surface area contributed by atoms with E-state index in [1.165, 1.54) is 5.57 Å². The number of halogens is 1. The molecule has 0 spiro atoms. The Labute approximate surface area is 136 Å². The van der Waals surface area contributed by atoms with Gasteiger partial charge in [0.05, 0.1) is 0 Å². The first kappa shape index (κ1) is 16.5. The van der Waals surface area contributed by atoms with Gasteiger partial charge in [-0.25, -0.2) is 0 Å². The molecule has 0 aromatic heterocycles. The molecular weight excluding hydrogens is 328 g/mol. The van der Waals surface area contributed by atoms with Crippen LogP contribution in [0.5, 0.6) is 5.75 Å². The van der Waals surface area contributed by atoms with E-state index in [0.29, 0.717) is 6.61 Å². The molecule has 0 saturated heterocycles. The van der Waals surface area contributed by atoms with E-state index in [9.17, 15) is 0 Å². The van der Waals surface area contributed by atoms with E-state index in [1.807, 2.05) is 12.1 Å². The molecule has 0 aliphatic carbocycles. The Bertz CT molecular complexity index is 524. The molecule has 0 fully saturated rings. The van der Waals surface area contributed by atoms with Crippen molar-refractivity contribution in [2.45, 2.75) is 13.8 Å². The quantitative estimate of drug-likeness (QED) is 0.848. The molecule has 0 radical (unpaired) electrons. The average Bonchev–Trinajstić information content (AvgIpc) is 2.36. The van der Waals surface area contributed by atoms with Gasteiger partial charge in [0.25, 0.3) is 0 Å². The molecule has 4 heteroatoms. The van der Waals surface area contributed by atoms with Crippen LogP contribution in [0.1, 0.15) is 19.4 Å². The fourth-order valence-corrected chi connectivity index (χ4v) is 3.15. The number of nitrogens with zero attached hydrogens (tertiary/aromatic N) is 1. The van der Waals surface area contributed by atoms with Crippen LogP contribution in [0.25, 0.3) is 6.08 Å². The van der Waals surface area contributed by atoms with Crippen LogP contribution in [0.15, 0.2) is 28.2 Å². The molecule has 0 unspecified atom stereocenters. The summed E-state index contributed by atoms with van der Waals surface area (Å²) in [6.07, 6.45) is 2.23. The number of hydrogen-bond donors (Lipinski definition) is 1. The monoisotopic (exact) mass is 352 g/mol. The Morgan fingerprint density at radius 3 is 2.81 bits per heavy atom. The molecule has 1 aliphatic rings. The normalized spacial score (nSPS) is 14.7. The maximum Gasteiger partial charge on any atom is 0.127 e. The predicted octanol–water partition coefficient (Wildman–Crippen LogP) is 3.40. The fraction of sp³-hybridized carbons (Fsp3) is 0.529. The summed E-state index contributed by atoms with van der Waals surface area (Å²) < 4.78 is 6.89. The van der Waals surface area contributed by atoms with Crippen molar-refractivity contribution in [1.29, 1.82) is 0 Å². The zero-order chi connectivity index (χ0) is 15.5. The highest BCUT2D eigenvalue weighted by molar-refractivity contribution is 9.10. The molecule has 1 aromatic carbocycles. The second kappa shape index (κ2) is 6.95. The van der Waals surface area contributed by atoms with Crippen LogP contribution in [0.4, 0.5) is 0 Å². The van der Waals surface area contributed by atoms with E-state index in [0.717, 1.165) is 35.4 Å². The molecule has 2 rings (SSSR count). The lowest BCUT2D eigenvalue weighted by atomic mass is 9.93. The third-order valence-electron chi connectivity index (χ3n) is 3.44. The van der Waals surface area contributed by atoms with Crippen LogP contribution in [0.3, 0.4) is 0 Å². The molecule has 0 atom stereocenters. The van der Waals surface area contributed by atoms with Crippen molar-refractivity contribution in [2.24, 2.45) is 5.41 Å². The number of rotatable bonds is 6. The lowest BCUT2D eigenvalue weighted by Crippen LogP contribution is -2.38. The van der Waals surface area contributed by atoms with Gasteiger partial charge in [-0.2, -0.15) is 0 Å². The minimum Gasteiger partial charge on any atom is -0.489 e. The number of ether oxygens (including phenoxy) is 1. The Balaban J connectivity index is 1.90. The van der Waals surface area contributed by atoms with Gasteiger partial charge in [-0.15, -0.1) is 0 Å². The van der Waals surface area contributed by atoms with E-state index in [2.05, 4.69) is 66.2 Å². The van der Waals surface area contributed by atoms with Crippen LogP contribution >= 0.6 is 15.9 Å². The van der Waals surface area contributed by atoms with Crippen molar-refractivity contribution in [3.63, 3.8) is 0 Å². The zero-order valence-corrected chi connectivity index (χ0v) is 15.0. The SMILES string of the molecule is CN(C)CC(C)(C)CNCC1=Cc2cc(Br)ccc2OC1. The smallest absolute Gasteiger partial charge is 0.127 e. The van der Waals surface area contributed by atoms with Gasteiger partial charge >= 0.3 is 0 Å². The summed E-state index contributed by atoms with van der Waals surface area (Å²) in [4.78, 5) is 2.23. The van der Waals surface area contributed by atoms with Gasteiger partial charge in [-0.3, -0.25) is 0 Å². The minimum absolute atomic E-state index is 0.264. The summed E-state index contributed by atoms with van der Waals surface area (Å²) >= 11 is 3.51. The van der Waals surface area contributed by atoms with Gasteiger partial charge in [0.1, 0.15) is 12.4 Å². The lowest BCUT2D eigenvalue weighted by molar-refractivity contribution is 0.233. The van der Waals surface area contributed by atoms with Gasteiger partial charge in [-0.05, 0) is 49.4 Å². The van der Waals surface area contributed by atoms with Gasteiger partial charge in [0.15, 0.2) is 0 Å².